The van der Waals surface area contributed by atoms with E-state index in [9.17, 15) is 13.2 Å². The van der Waals surface area contributed by atoms with Crippen molar-refractivity contribution < 1.29 is 23.1 Å². The van der Waals surface area contributed by atoms with Crippen molar-refractivity contribution in [3.05, 3.63) is 28.2 Å². The molecule has 2 N–H and O–H groups in total. The summed E-state index contributed by atoms with van der Waals surface area (Å²) < 4.78 is 32.5. The molecule has 1 atom stereocenters. The Kier molecular flexibility index (Phi) is 4.79. The number of aromatic carboxylic acids is 1. The second kappa shape index (κ2) is 6.21. The van der Waals surface area contributed by atoms with Crippen molar-refractivity contribution in [1.82, 2.24) is 4.72 Å². The summed E-state index contributed by atoms with van der Waals surface area (Å²) in [6, 6.07) is 3.84. The van der Waals surface area contributed by atoms with Gasteiger partial charge in [-0.1, -0.05) is 15.9 Å². The Morgan fingerprint density at radius 1 is 1.45 bits per heavy atom. The Bertz CT molecular complexity index is 610. The highest BCUT2D eigenvalue weighted by Crippen LogP contribution is 2.20. The summed E-state index contributed by atoms with van der Waals surface area (Å²) >= 11 is 3.11. The van der Waals surface area contributed by atoms with Gasteiger partial charge in [0.05, 0.1) is 16.6 Å². The molecule has 0 spiro atoms. The number of carboxylic acids is 1. The van der Waals surface area contributed by atoms with Crippen molar-refractivity contribution in [2.75, 3.05) is 13.2 Å². The van der Waals surface area contributed by atoms with Gasteiger partial charge in [-0.3, -0.25) is 0 Å². The van der Waals surface area contributed by atoms with E-state index in [4.69, 9.17) is 9.84 Å². The molecule has 0 unspecified atom stereocenters. The van der Waals surface area contributed by atoms with Gasteiger partial charge in [0.25, 0.3) is 0 Å². The molecule has 0 saturated carbocycles. The number of hydrogen-bond donors (Lipinski definition) is 2. The van der Waals surface area contributed by atoms with Crippen LogP contribution in [0.2, 0.25) is 0 Å². The minimum Gasteiger partial charge on any atom is -0.478 e. The van der Waals surface area contributed by atoms with E-state index in [1.807, 2.05) is 0 Å². The molecule has 0 radical (unpaired) electrons. The third kappa shape index (κ3) is 3.78. The van der Waals surface area contributed by atoms with Crippen LogP contribution >= 0.6 is 15.9 Å². The molecule has 20 heavy (non-hydrogen) atoms. The molecule has 6 nitrogen and oxygen atoms in total. The van der Waals surface area contributed by atoms with Gasteiger partial charge in [0.15, 0.2) is 0 Å². The van der Waals surface area contributed by atoms with E-state index >= 15 is 0 Å². The molecule has 0 aliphatic carbocycles. The van der Waals surface area contributed by atoms with E-state index < -0.39 is 16.0 Å². The van der Waals surface area contributed by atoms with Gasteiger partial charge in [0, 0.05) is 17.6 Å². The van der Waals surface area contributed by atoms with Gasteiger partial charge in [-0.05, 0) is 31.0 Å². The van der Waals surface area contributed by atoms with Crippen LogP contribution in [0, 0.1) is 0 Å². The van der Waals surface area contributed by atoms with E-state index in [1.54, 1.807) is 0 Å². The van der Waals surface area contributed by atoms with E-state index in [0.717, 1.165) is 18.9 Å². The van der Waals surface area contributed by atoms with Crippen molar-refractivity contribution in [2.45, 2.75) is 23.8 Å². The van der Waals surface area contributed by atoms with Crippen LogP contribution in [0.3, 0.4) is 0 Å². The molecule has 1 aliphatic rings. The van der Waals surface area contributed by atoms with E-state index in [2.05, 4.69) is 20.7 Å². The number of hydrogen-bond acceptors (Lipinski definition) is 4. The van der Waals surface area contributed by atoms with Crippen molar-refractivity contribution in [1.29, 1.82) is 0 Å². The van der Waals surface area contributed by atoms with Gasteiger partial charge < -0.3 is 9.84 Å². The molecule has 1 fully saturated rings. The van der Waals surface area contributed by atoms with Crippen LogP contribution in [0.1, 0.15) is 23.2 Å². The fraction of sp³-hybridized carbons (Fsp3) is 0.417. The average Bonchev–Trinajstić information content (AvgIpc) is 2.89. The molecule has 2 rings (SSSR count). The Morgan fingerprint density at radius 3 is 2.80 bits per heavy atom. The Balaban J connectivity index is 2.17. The molecule has 1 aromatic carbocycles. The average molecular weight is 364 g/mol. The number of halogens is 1. The van der Waals surface area contributed by atoms with Crippen molar-refractivity contribution in [3.8, 4) is 0 Å². The summed E-state index contributed by atoms with van der Waals surface area (Å²) in [6.07, 6.45) is 1.63. The molecular formula is C12H14BrNO5S. The first-order valence-electron chi connectivity index (χ1n) is 6.03. The van der Waals surface area contributed by atoms with Crippen LogP contribution < -0.4 is 4.72 Å². The molecule has 110 valence electrons. The zero-order chi connectivity index (χ0) is 14.8. The molecule has 8 heteroatoms. The SMILES string of the molecule is O=C(O)c1cc(Br)cc(S(=O)(=O)NC[C@H]2CCCO2)c1. The van der Waals surface area contributed by atoms with E-state index in [-0.39, 0.29) is 23.1 Å². The fourth-order valence-electron chi connectivity index (χ4n) is 1.93. The summed E-state index contributed by atoms with van der Waals surface area (Å²) in [5.74, 6) is -1.18. The maximum atomic E-state index is 12.1. The van der Waals surface area contributed by atoms with Crippen LogP contribution in [0.25, 0.3) is 0 Å². The molecule has 1 aliphatic heterocycles. The predicted molar refractivity (Wildman–Crippen MR) is 75.3 cm³/mol. The smallest absolute Gasteiger partial charge is 0.335 e. The Morgan fingerprint density at radius 2 is 2.20 bits per heavy atom. The van der Waals surface area contributed by atoms with Gasteiger partial charge in [-0.2, -0.15) is 0 Å². The zero-order valence-electron chi connectivity index (χ0n) is 10.5. The van der Waals surface area contributed by atoms with Gasteiger partial charge in [-0.25, -0.2) is 17.9 Å². The Labute approximate surface area is 125 Å². The van der Waals surface area contributed by atoms with Crippen molar-refractivity contribution in [2.24, 2.45) is 0 Å². The lowest BCUT2D eigenvalue weighted by Gasteiger charge is -2.12. The monoisotopic (exact) mass is 363 g/mol. The third-order valence-electron chi connectivity index (χ3n) is 2.95. The first kappa shape index (κ1) is 15.4. The minimum absolute atomic E-state index is 0.0812. The number of ether oxygens (including phenoxy) is 1. The van der Waals surface area contributed by atoms with Gasteiger partial charge in [0.1, 0.15) is 0 Å². The topological polar surface area (TPSA) is 92.7 Å². The Hall–Kier alpha value is -0.960. The predicted octanol–water partition coefficient (Wildman–Crippen LogP) is 1.60. The van der Waals surface area contributed by atoms with Crippen LogP contribution in [-0.2, 0) is 14.8 Å². The van der Waals surface area contributed by atoms with Crippen molar-refractivity contribution >= 4 is 31.9 Å². The summed E-state index contributed by atoms with van der Waals surface area (Å²) in [6.45, 7) is 0.837. The lowest BCUT2D eigenvalue weighted by molar-refractivity contribution is 0.0696. The van der Waals surface area contributed by atoms with E-state index in [1.165, 1.54) is 12.1 Å². The highest BCUT2D eigenvalue weighted by Gasteiger charge is 2.21. The number of benzene rings is 1. The fourth-order valence-corrected chi connectivity index (χ4v) is 3.71. The molecule has 1 saturated heterocycles. The quantitative estimate of drug-likeness (QED) is 0.828. The molecule has 1 aromatic rings. The minimum atomic E-state index is -3.75. The van der Waals surface area contributed by atoms with Crippen molar-refractivity contribution in [3.63, 3.8) is 0 Å². The molecule has 1 heterocycles. The lowest BCUT2D eigenvalue weighted by atomic mass is 10.2. The first-order valence-corrected chi connectivity index (χ1v) is 8.31. The van der Waals surface area contributed by atoms with Crippen LogP contribution in [0.4, 0.5) is 0 Å². The highest BCUT2D eigenvalue weighted by molar-refractivity contribution is 9.10. The van der Waals surface area contributed by atoms with Crippen LogP contribution in [0.5, 0.6) is 0 Å². The molecular weight excluding hydrogens is 350 g/mol. The standard InChI is InChI=1S/C12H14BrNO5S/c13-9-4-8(12(15)16)5-11(6-9)20(17,18)14-7-10-2-1-3-19-10/h4-6,10,14H,1-3,7H2,(H,15,16)/t10-/m1/s1. The third-order valence-corrected chi connectivity index (χ3v) is 4.81. The summed E-state index contributed by atoms with van der Waals surface area (Å²) in [5.41, 5.74) is -0.0862. The van der Waals surface area contributed by atoms with Gasteiger partial charge in [0.2, 0.25) is 10.0 Å². The molecule has 0 aromatic heterocycles. The summed E-state index contributed by atoms with van der Waals surface area (Å²) in [4.78, 5) is 10.9. The number of nitrogens with one attached hydrogen (secondary N) is 1. The summed E-state index contributed by atoms with van der Waals surface area (Å²) in [5, 5.41) is 8.95. The first-order chi connectivity index (χ1) is 9.38. The number of carboxylic acid groups (broad SMARTS) is 1. The normalized spacial score (nSPS) is 19.1. The second-order valence-corrected chi connectivity index (χ2v) is 7.15. The highest BCUT2D eigenvalue weighted by atomic mass is 79.9. The summed E-state index contributed by atoms with van der Waals surface area (Å²) in [7, 11) is -3.75. The van der Waals surface area contributed by atoms with E-state index in [0.29, 0.717) is 11.1 Å². The molecule has 0 bridgehead atoms. The van der Waals surface area contributed by atoms with Gasteiger partial charge in [-0.15, -0.1) is 0 Å². The number of rotatable bonds is 5. The lowest BCUT2D eigenvalue weighted by Crippen LogP contribution is -2.32. The van der Waals surface area contributed by atoms with Crippen LogP contribution in [-0.4, -0.2) is 38.7 Å². The zero-order valence-corrected chi connectivity index (χ0v) is 12.9. The second-order valence-electron chi connectivity index (χ2n) is 4.47. The number of carbonyl (C=O) groups is 1. The molecule has 0 amide bonds. The maximum Gasteiger partial charge on any atom is 0.335 e. The van der Waals surface area contributed by atoms with Crippen LogP contribution in [0.15, 0.2) is 27.6 Å². The maximum absolute atomic E-state index is 12.1. The van der Waals surface area contributed by atoms with Gasteiger partial charge >= 0.3 is 5.97 Å². The number of sulfonamides is 1. The largest absolute Gasteiger partial charge is 0.478 e.